The van der Waals surface area contributed by atoms with E-state index in [0.29, 0.717) is 0 Å². The lowest BCUT2D eigenvalue weighted by molar-refractivity contribution is 0.920. The molecule has 0 radical (unpaired) electrons. The van der Waals surface area contributed by atoms with Gasteiger partial charge in [-0.05, 0) is 222 Å². The largest absolute Gasteiger partial charge is 0.262 e. The third kappa shape index (κ3) is 35.3. The average molecular weight is 1130 g/mol. The van der Waals surface area contributed by atoms with Gasteiger partial charge in [-0.25, -0.2) is 34.9 Å². The first-order valence-electron chi connectivity index (χ1n) is 27.3. The molecule has 0 aliphatic rings. The molecule has 11 rings (SSSR count). The Morgan fingerprint density at radius 1 is 0.238 bits per heavy atom. The fraction of sp³-hybridized carbons (Fsp3) is 0.299. The van der Waals surface area contributed by atoms with Crippen molar-refractivity contribution in [3.8, 4) is 0 Å². The SMILES string of the molecule is Cc1ccc(C)nc1.Cc1ccc(C)nn1.Cc1ccc2nc(C)ccc2c1.Cc1cccc(C)n1.Cc1ccnc(C)c1.Cc1ccnc(C)n1.Cc1cnc(C)cn1.Cc1cnc(C)nc1.Cc1cncc(C)n1.Cc1ncnc(C)n1. The molecule has 0 atom stereocenters. The third-order valence-corrected chi connectivity index (χ3v) is 10.5. The van der Waals surface area contributed by atoms with E-state index in [4.69, 9.17) is 0 Å². The summed E-state index contributed by atoms with van der Waals surface area (Å²) in [6.45, 7) is 39.1. The minimum Gasteiger partial charge on any atom is -0.262 e. The standard InChI is InChI=1S/C11H11N.3C7H9N.5C6H8N2.C5H7N3/c1-8-3-6-11-10(7-8)5-4-9(2)12-11;1-6-3-4-8-7(2)5-6;1-6-3-4-7(2)8-5-6;1-6-4-3-5-7(2)8-6;1-5-3-8-6(2)4-7-5;1-5-3-7-4-6(2)8-5;1-5-3-7-6(2)8-4-5;1-5-3-4-7-6(2)8-5;1-5-3-4-6(2)8-7-5;1-4-6-3-7-5(2)8-4/h3-7H,1-2H3;3*3-5H,1-2H3;5*3-4H,1-2H3;3H,1-2H3. The van der Waals surface area contributed by atoms with E-state index >= 15 is 0 Å². The first-order chi connectivity index (χ1) is 39.8. The second-order valence-corrected chi connectivity index (χ2v) is 19.6. The van der Waals surface area contributed by atoms with E-state index in [2.05, 4.69) is 135 Å². The molecule has 10 heterocycles. The van der Waals surface area contributed by atoms with E-state index in [-0.39, 0.29) is 0 Å². The predicted octanol–water partition coefficient (Wildman–Crippen LogP) is 13.9. The number of aryl methyl sites for hydroxylation is 20. The summed E-state index contributed by atoms with van der Waals surface area (Å²) in [4.78, 5) is 60.3. The Morgan fingerprint density at radius 2 is 0.702 bits per heavy atom. The monoisotopic (exact) mass is 1130 g/mol. The van der Waals surface area contributed by atoms with Crippen molar-refractivity contribution in [2.45, 2.75) is 138 Å². The highest BCUT2D eigenvalue weighted by atomic mass is 15.1. The van der Waals surface area contributed by atoms with E-state index in [0.717, 1.165) is 103 Å². The van der Waals surface area contributed by atoms with Gasteiger partial charge < -0.3 is 0 Å². The first kappa shape index (κ1) is 70.6. The van der Waals surface area contributed by atoms with Crippen molar-refractivity contribution in [3.05, 3.63) is 267 Å². The van der Waals surface area contributed by atoms with Gasteiger partial charge in [-0.1, -0.05) is 29.8 Å². The summed E-state index contributed by atoms with van der Waals surface area (Å²) in [5.74, 6) is 3.22. The molecule has 17 heteroatoms. The molecule has 10 aromatic heterocycles. The van der Waals surface area contributed by atoms with Crippen molar-refractivity contribution in [1.29, 1.82) is 0 Å². The summed E-state index contributed by atoms with van der Waals surface area (Å²) >= 11 is 0. The van der Waals surface area contributed by atoms with E-state index < -0.39 is 0 Å². The number of pyridine rings is 4. The topological polar surface area (TPSA) is 219 Å². The maximum Gasteiger partial charge on any atom is 0.129 e. The molecule has 84 heavy (non-hydrogen) atoms. The normalized spacial score (nSPS) is 9.43. The van der Waals surface area contributed by atoms with Gasteiger partial charge in [0.25, 0.3) is 0 Å². The second-order valence-electron chi connectivity index (χ2n) is 19.6. The van der Waals surface area contributed by atoms with Gasteiger partial charge in [0.1, 0.15) is 29.6 Å². The zero-order chi connectivity index (χ0) is 62.4. The number of nitrogens with zero attached hydrogens (tertiary/aromatic N) is 17. The summed E-state index contributed by atoms with van der Waals surface area (Å²) < 4.78 is 0. The van der Waals surface area contributed by atoms with Crippen LogP contribution in [0.5, 0.6) is 0 Å². The van der Waals surface area contributed by atoms with Crippen LogP contribution in [0, 0.1) is 138 Å². The van der Waals surface area contributed by atoms with Crippen molar-refractivity contribution >= 4 is 10.9 Å². The summed E-state index contributed by atoms with van der Waals surface area (Å²) in [7, 11) is 0. The van der Waals surface area contributed by atoms with Crippen LogP contribution in [-0.4, -0.2) is 85.0 Å². The van der Waals surface area contributed by atoms with Gasteiger partial charge in [0.2, 0.25) is 0 Å². The van der Waals surface area contributed by atoms with E-state index in [1.165, 1.54) is 28.4 Å². The van der Waals surface area contributed by atoms with Gasteiger partial charge >= 0.3 is 0 Å². The molecule has 17 nitrogen and oxygen atoms in total. The highest BCUT2D eigenvalue weighted by molar-refractivity contribution is 5.79. The van der Waals surface area contributed by atoms with Crippen LogP contribution >= 0.6 is 0 Å². The molecule has 0 fully saturated rings. The van der Waals surface area contributed by atoms with Crippen molar-refractivity contribution in [2.75, 3.05) is 0 Å². The molecule has 0 bridgehead atoms. The fourth-order valence-electron chi connectivity index (χ4n) is 6.29. The third-order valence-electron chi connectivity index (χ3n) is 10.5. The molecular weight excluding hydrogens is 1040 g/mol. The highest BCUT2D eigenvalue weighted by Crippen LogP contribution is 2.14. The predicted molar refractivity (Wildman–Crippen MR) is 339 cm³/mol. The van der Waals surface area contributed by atoms with Crippen LogP contribution in [0.3, 0.4) is 0 Å². The van der Waals surface area contributed by atoms with E-state index in [1.807, 2.05) is 204 Å². The van der Waals surface area contributed by atoms with Crippen LogP contribution in [0.25, 0.3) is 10.9 Å². The fourth-order valence-corrected chi connectivity index (χ4v) is 6.29. The number of rotatable bonds is 0. The van der Waals surface area contributed by atoms with Crippen LogP contribution < -0.4 is 0 Å². The lowest BCUT2D eigenvalue weighted by Gasteiger charge is -1.99. The highest BCUT2D eigenvalue weighted by Gasteiger charge is 1.95. The number of hydrogen-bond acceptors (Lipinski definition) is 17. The smallest absolute Gasteiger partial charge is 0.129 e. The molecule has 0 saturated carbocycles. The molecule has 0 aliphatic heterocycles. The van der Waals surface area contributed by atoms with Crippen molar-refractivity contribution in [1.82, 2.24) is 85.0 Å². The van der Waals surface area contributed by atoms with Crippen LogP contribution in [-0.2, 0) is 0 Å². The van der Waals surface area contributed by atoms with Crippen LogP contribution in [0.2, 0.25) is 0 Å². The second kappa shape index (κ2) is 39.8. The Labute approximate surface area is 499 Å². The van der Waals surface area contributed by atoms with Gasteiger partial charge in [0, 0.05) is 95.3 Å². The Hall–Kier alpha value is -9.51. The first-order valence-corrected chi connectivity index (χ1v) is 27.3. The van der Waals surface area contributed by atoms with Crippen molar-refractivity contribution < 1.29 is 0 Å². The zero-order valence-electron chi connectivity index (χ0n) is 53.0. The summed E-state index contributed by atoms with van der Waals surface area (Å²) in [5.41, 5.74) is 18.2. The number of benzene rings is 1. The lowest BCUT2D eigenvalue weighted by atomic mass is 10.1. The van der Waals surface area contributed by atoms with Gasteiger partial charge in [-0.2, -0.15) is 10.2 Å². The quantitative estimate of drug-likeness (QED) is 0.138. The zero-order valence-corrected chi connectivity index (χ0v) is 53.0. The summed E-state index contributed by atoms with van der Waals surface area (Å²) in [5, 5.41) is 8.88. The minimum atomic E-state index is 0.775. The Morgan fingerprint density at radius 3 is 1.08 bits per heavy atom. The number of hydrogen-bond donors (Lipinski definition) is 0. The van der Waals surface area contributed by atoms with Gasteiger partial charge in [-0.15, -0.1) is 0 Å². The molecule has 0 amide bonds. The van der Waals surface area contributed by atoms with E-state index in [9.17, 15) is 0 Å². The van der Waals surface area contributed by atoms with Crippen LogP contribution in [0.4, 0.5) is 0 Å². The average Bonchev–Trinajstić information content (AvgIpc) is 3.55. The molecule has 0 saturated heterocycles. The molecule has 11 aromatic rings. The van der Waals surface area contributed by atoms with Crippen molar-refractivity contribution in [3.63, 3.8) is 0 Å². The Kier molecular flexibility index (Phi) is 33.5. The Balaban J connectivity index is 0.000000320. The van der Waals surface area contributed by atoms with Gasteiger partial charge in [0.15, 0.2) is 0 Å². The minimum absolute atomic E-state index is 0.775. The van der Waals surface area contributed by atoms with Gasteiger partial charge in [0.05, 0.1) is 39.7 Å². The summed E-state index contributed by atoms with van der Waals surface area (Å²) in [6.07, 6.45) is 17.6. The molecule has 438 valence electrons. The van der Waals surface area contributed by atoms with Crippen LogP contribution in [0.1, 0.15) is 114 Å². The van der Waals surface area contributed by atoms with E-state index in [1.54, 1.807) is 31.0 Å². The maximum absolute atomic E-state index is 4.42. The van der Waals surface area contributed by atoms with Crippen molar-refractivity contribution in [2.24, 2.45) is 0 Å². The number of fused-ring (bicyclic) bond motifs is 1. The van der Waals surface area contributed by atoms with Gasteiger partial charge in [-0.3, -0.25) is 39.9 Å². The maximum atomic E-state index is 4.42. The molecule has 0 unspecified atom stereocenters. The lowest BCUT2D eigenvalue weighted by Crippen LogP contribution is -1.91. The number of aromatic nitrogens is 17. The molecule has 0 aliphatic carbocycles. The van der Waals surface area contributed by atoms with Crippen LogP contribution in [0.15, 0.2) is 153 Å². The Bertz CT molecular complexity index is 2920. The molecular formula is C67H85N17. The molecule has 1 aromatic carbocycles. The summed E-state index contributed by atoms with van der Waals surface area (Å²) in [6, 6.07) is 30.4. The molecule has 0 spiro atoms. The molecule has 0 N–H and O–H groups in total.